The average molecular weight is 250 g/mol. The van der Waals surface area contributed by atoms with Gasteiger partial charge >= 0.3 is 0 Å². The van der Waals surface area contributed by atoms with Crippen LogP contribution in [0.25, 0.3) is 0 Å². The van der Waals surface area contributed by atoms with Crippen molar-refractivity contribution in [2.75, 3.05) is 19.6 Å². The molecule has 18 heavy (non-hydrogen) atoms. The summed E-state index contributed by atoms with van der Waals surface area (Å²) in [6.45, 7) is 6.95. The molecule has 1 rings (SSSR count). The summed E-state index contributed by atoms with van der Waals surface area (Å²) in [5.41, 5.74) is 0. The molecule has 1 N–H and O–H groups in total. The Morgan fingerprint density at radius 1 is 1.50 bits per heavy atom. The summed E-state index contributed by atoms with van der Waals surface area (Å²) >= 11 is 0. The van der Waals surface area contributed by atoms with Gasteiger partial charge in [0.25, 0.3) is 0 Å². The lowest BCUT2D eigenvalue weighted by Gasteiger charge is -2.37. The zero-order chi connectivity index (χ0) is 13.4. The van der Waals surface area contributed by atoms with E-state index < -0.39 is 0 Å². The lowest BCUT2D eigenvalue weighted by molar-refractivity contribution is -0.127. The maximum atomic E-state index is 12.0. The fourth-order valence-corrected chi connectivity index (χ4v) is 2.45. The van der Waals surface area contributed by atoms with Crippen LogP contribution in [0.5, 0.6) is 0 Å². The molecule has 0 aromatic carbocycles. The van der Waals surface area contributed by atoms with Crippen molar-refractivity contribution in [2.45, 2.75) is 52.0 Å². The first-order valence-electron chi connectivity index (χ1n) is 7.14. The summed E-state index contributed by atoms with van der Waals surface area (Å²) in [4.78, 5) is 14.4. The molecule has 1 saturated heterocycles. The second-order valence-corrected chi connectivity index (χ2v) is 5.22. The zero-order valence-corrected chi connectivity index (χ0v) is 11.7. The van der Waals surface area contributed by atoms with E-state index in [0.29, 0.717) is 6.04 Å². The number of terminal acetylenes is 1. The molecular formula is C15H26N2O. The summed E-state index contributed by atoms with van der Waals surface area (Å²) in [5.74, 6) is 3.05. The molecule has 2 atom stereocenters. The molecule has 0 spiro atoms. The van der Waals surface area contributed by atoms with Crippen LogP contribution in [0.1, 0.15) is 46.0 Å². The predicted molar refractivity (Wildman–Crippen MR) is 75.1 cm³/mol. The van der Waals surface area contributed by atoms with Gasteiger partial charge in [0, 0.05) is 32.1 Å². The van der Waals surface area contributed by atoms with Crippen molar-refractivity contribution in [2.24, 2.45) is 5.92 Å². The minimum Gasteiger partial charge on any atom is -0.356 e. The minimum absolute atomic E-state index is 0.149. The molecular weight excluding hydrogens is 224 g/mol. The first-order chi connectivity index (χ1) is 8.69. The van der Waals surface area contributed by atoms with E-state index in [2.05, 4.69) is 30.0 Å². The molecule has 3 nitrogen and oxygen atoms in total. The van der Waals surface area contributed by atoms with Crippen molar-refractivity contribution in [1.29, 1.82) is 0 Å². The van der Waals surface area contributed by atoms with Gasteiger partial charge in [0.1, 0.15) is 0 Å². The molecule has 0 aromatic heterocycles. The molecule has 0 aliphatic carbocycles. The van der Waals surface area contributed by atoms with Gasteiger partial charge in [-0.15, -0.1) is 12.3 Å². The van der Waals surface area contributed by atoms with Gasteiger partial charge in [-0.1, -0.05) is 13.3 Å². The number of unbranched alkanes of at least 4 members (excludes halogenated alkanes) is 1. The highest BCUT2D eigenvalue weighted by Crippen LogP contribution is 2.22. The maximum Gasteiger partial charge on any atom is 0.224 e. The largest absolute Gasteiger partial charge is 0.356 e. The Morgan fingerprint density at radius 2 is 2.28 bits per heavy atom. The van der Waals surface area contributed by atoms with Gasteiger partial charge in [0.05, 0.1) is 5.92 Å². The smallest absolute Gasteiger partial charge is 0.224 e. The zero-order valence-electron chi connectivity index (χ0n) is 11.7. The van der Waals surface area contributed by atoms with E-state index in [9.17, 15) is 4.79 Å². The Hall–Kier alpha value is -1.01. The summed E-state index contributed by atoms with van der Waals surface area (Å²) in [7, 11) is 0. The second-order valence-electron chi connectivity index (χ2n) is 5.22. The molecule has 1 aliphatic heterocycles. The van der Waals surface area contributed by atoms with Gasteiger partial charge in [-0.05, 0) is 26.2 Å². The number of carbonyl (C=O) groups excluding carboxylic acids is 1. The van der Waals surface area contributed by atoms with Crippen LogP contribution in [0, 0.1) is 18.3 Å². The van der Waals surface area contributed by atoms with Gasteiger partial charge in [0.2, 0.25) is 5.91 Å². The molecule has 0 unspecified atom stereocenters. The van der Waals surface area contributed by atoms with Crippen molar-refractivity contribution in [3.8, 4) is 12.3 Å². The molecule has 0 aromatic rings. The lowest BCUT2D eigenvalue weighted by Crippen LogP contribution is -2.47. The molecule has 0 radical (unpaired) electrons. The van der Waals surface area contributed by atoms with Crippen LogP contribution in [0.3, 0.4) is 0 Å². The van der Waals surface area contributed by atoms with E-state index in [4.69, 9.17) is 6.42 Å². The fraction of sp³-hybridized carbons (Fsp3) is 0.800. The van der Waals surface area contributed by atoms with Crippen LogP contribution in [0.4, 0.5) is 0 Å². The summed E-state index contributed by atoms with van der Waals surface area (Å²) in [5, 5.41) is 3.04. The molecule has 1 fully saturated rings. The second kappa shape index (κ2) is 8.16. The van der Waals surface area contributed by atoms with Crippen LogP contribution in [-0.2, 0) is 4.79 Å². The van der Waals surface area contributed by atoms with Crippen LogP contribution < -0.4 is 5.32 Å². The topological polar surface area (TPSA) is 32.3 Å². The molecule has 1 heterocycles. The third kappa shape index (κ3) is 4.70. The monoisotopic (exact) mass is 250 g/mol. The number of amides is 1. The minimum atomic E-state index is 0.149. The number of likely N-dealkylation sites (tertiary alicyclic amines) is 1. The van der Waals surface area contributed by atoms with Crippen LogP contribution in [0.15, 0.2) is 0 Å². The highest BCUT2D eigenvalue weighted by molar-refractivity contribution is 5.78. The van der Waals surface area contributed by atoms with Crippen LogP contribution >= 0.6 is 0 Å². The summed E-state index contributed by atoms with van der Waals surface area (Å²) in [6.07, 6.45) is 10.4. The Labute approximate surface area is 111 Å². The van der Waals surface area contributed by atoms with Crippen molar-refractivity contribution in [1.82, 2.24) is 10.2 Å². The Kier molecular flexibility index (Phi) is 6.82. The van der Waals surface area contributed by atoms with Crippen molar-refractivity contribution in [3.05, 3.63) is 0 Å². The molecule has 3 heteroatoms. The van der Waals surface area contributed by atoms with E-state index in [0.717, 1.165) is 51.7 Å². The Morgan fingerprint density at radius 3 is 2.94 bits per heavy atom. The average Bonchev–Trinajstić information content (AvgIpc) is 2.38. The summed E-state index contributed by atoms with van der Waals surface area (Å²) in [6, 6.07) is 0.554. The number of nitrogens with one attached hydrogen (secondary N) is 1. The number of piperidine rings is 1. The van der Waals surface area contributed by atoms with E-state index in [1.54, 1.807) is 0 Å². The van der Waals surface area contributed by atoms with Gasteiger partial charge in [0.15, 0.2) is 0 Å². The van der Waals surface area contributed by atoms with E-state index in [-0.39, 0.29) is 11.8 Å². The van der Waals surface area contributed by atoms with Gasteiger partial charge in [-0.3, -0.25) is 9.69 Å². The van der Waals surface area contributed by atoms with Crippen molar-refractivity contribution in [3.63, 3.8) is 0 Å². The number of hydrogen-bond acceptors (Lipinski definition) is 2. The third-order valence-corrected chi connectivity index (χ3v) is 3.75. The van der Waals surface area contributed by atoms with Gasteiger partial charge in [-0.2, -0.15) is 0 Å². The standard InChI is InChI=1S/C15H26N2O/c1-4-6-10-16-15(18)14-9-8-13(3)17(12-14)11-7-5-2/h2,13-14H,4,6-12H2,1,3H3,(H,16,18)/t13-,14+/m0/s1. The lowest BCUT2D eigenvalue weighted by atomic mass is 9.92. The first-order valence-corrected chi connectivity index (χ1v) is 7.14. The van der Waals surface area contributed by atoms with E-state index >= 15 is 0 Å². The Bertz CT molecular complexity index is 295. The van der Waals surface area contributed by atoms with Gasteiger partial charge < -0.3 is 5.32 Å². The highest BCUT2D eigenvalue weighted by Gasteiger charge is 2.29. The molecule has 1 aliphatic rings. The third-order valence-electron chi connectivity index (χ3n) is 3.75. The SMILES string of the molecule is C#CCCN1C[C@H](C(=O)NCCCC)CC[C@@H]1C. The molecule has 0 saturated carbocycles. The van der Waals surface area contributed by atoms with Crippen molar-refractivity contribution < 1.29 is 4.79 Å². The van der Waals surface area contributed by atoms with E-state index in [1.807, 2.05) is 0 Å². The van der Waals surface area contributed by atoms with E-state index in [1.165, 1.54) is 0 Å². The van der Waals surface area contributed by atoms with Crippen LogP contribution in [-0.4, -0.2) is 36.5 Å². The quantitative estimate of drug-likeness (QED) is 0.578. The highest BCUT2D eigenvalue weighted by atomic mass is 16.1. The normalized spacial score (nSPS) is 24.5. The maximum absolute atomic E-state index is 12.0. The van der Waals surface area contributed by atoms with Crippen molar-refractivity contribution >= 4 is 5.91 Å². The number of carbonyl (C=O) groups is 1. The molecule has 1 amide bonds. The fourth-order valence-electron chi connectivity index (χ4n) is 2.45. The summed E-state index contributed by atoms with van der Waals surface area (Å²) < 4.78 is 0. The first kappa shape index (κ1) is 15.0. The molecule has 0 bridgehead atoms. The number of rotatable bonds is 6. The number of hydrogen-bond donors (Lipinski definition) is 1. The number of nitrogens with zero attached hydrogens (tertiary/aromatic N) is 1. The predicted octanol–water partition coefficient (Wildman–Crippen LogP) is 2.03. The molecule has 102 valence electrons. The van der Waals surface area contributed by atoms with Crippen LogP contribution in [0.2, 0.25) is 0 Å². The van der Waals surface area contributed by atoms with Gasteiger partial charge in [-0.25, -0.2) is 0 Å². The Balaban J connectivity index is 2.38.